The second-order valence-electron chi connectivity index (χ2n) is 4.39. The largest absolute Gasteiger partial charge is 0.380 e. The summed E-state index contributed by atoms with van der Waals surface area (Å²) in [6.07, 6.45) is 0. The molecule has 5 heteroatoms. The molecule has 0 fully saturated rings. The number of halogens is 1. The molecule has 0 aliphatic carbocycles. The molecule has 112 valence electrons. The van der Waals surface area contributed by atoms with Crippen molar-refractivity contribution in [2.24, 2.45) is 10.7 Å². The average Bonchev–Trinajstić information content (AvgIpc) is 2.48. The predicted molar refractivity (Wildman–Crippen MR) is 98.0 cm³/mol. The number of methoxy groups -OCH3 is 1. The lowest BCUT2D eigenvalue weighted by molar-refractivity contribution is 0.184. The fraction of sp³-hybridized carbons (Fsp3) is 0.188. The summed E-state index contributed by atoms with van der Waals surface area (Å²) in [7, 11) is 1.69. The van der Waals surface area contributed by atoms with Crippen molar-refractivity contribution in [2.45, 2.75) is 13.2 Å². The number of nitrogens with zero attached hydrogens (tertiary/aromatic N) is 1. The number of benzene rings is 2. The van der Waals surface area contributed by atoms with Crippen molar-refractivity contribution in [1.29, 1.82) is 0 Å². The minimum absolute atomic E-state index is 0. The molecular weight excluding hydrogens is 377 g/mol. The number of nitrogens with two attached hydrogens (primary N) is 1. The molecule has 0 saturated heterocycles. The Hall–Kier alpha value is -1.60. The third-order valence-corrected chi connectivity index (χ3v) is 2.88. The molecule has 2 aromatic carbocycles. The fourth-order valence-corrected chi connectivity index (χ4v) is 1.89. The lowest BCUT2D eigenvalue weighted by Crippen LogP contribution is -2.22. The maximum Gasteiger partial charge on any atom is 0.193 e. The highest BCUT2D eigenvalue weighted by Crippen LogP contribution is 2.11. The van der Waals surface area contributed by atoms with Gasteiger partial charge in [-0.1, -0.05) is 42.5 Å². The van der Waals surface area contributed by atoms with Gasteiger partial charge in [-0.25, -0.2) is 4.99 Å². The molecule has 0 spiro atoms. The van der Waals surface area contributed by atoms with Gasteiger partial charge in [0.15, 0.2) is 5.96 Å². The number of para-hydroxylation sites is 1. The molecule has 0 saturated carbocycles. The van der Waals surface area contributed by atoms with E-state index >= 15 is 0 Å². The number of aliphatic imine (C=N–C) groups is 1. The summed E-state index contributed by atoms with van der Waals surface area (Å²) in [6.45, 7) is 1.11. The summed E-state index contributed by atoms with van der Waals surface area (Å²) >= 11 is 0. The molecule has 21 heavy (non-hydrogen) atoms. The van der Waals surface area contributed by atoms with E-state index in [2.05, 4.69) is 10.3 Å². The van der Waals surface area contributed by atoms with E-state index in [0.29, 0.717) is 19.1 Å². The molecule has 0 heterocycles. The summed E-state index contributed by atoms with van der Waals surface area (Å²) in [5.41, 5.74) is 9.06. The van der Waals surface area contributed by atoms with Gasteiger partial charge < -0.3 is 15.8 Å². The molecule has 0 atom stereocenters. The second kappa shape index (κ2) is 9.36. The van der Waals surface area contributed by atoms with Crippen LogP contribution in [-0.4, -0.2) is 13.1 Å². The van der Waals surface area contributed by atoms with Crippen molar-refractivity contribution >= 4 is 35.6 Å². The van der Waals surface area contributed by atoms with Crippen molar-refractivity contribution < 1.29 is 4.74 Å². The maximum absolute atomic E-state index is 5.89. The monoisotopic (exact) mass is 397 g/mol. The van der Waals surface area contributed by atoms with E-state index in [1.165, 1.54) is 0 Å². The van der Waals surface area contributed by atoms with Gasteiger partial charge in [-0.2, -0.15) is 0 Å². The van der Waals surface area contributed by atoms with Gasteiger partial charge in [0.1, 0.15) is 0 Å². The zero-order chi connectivity index (χ0) is 14.2. The first kappa shape index (κ1) is 17.5. The van der Waals surface area contributed by atoms with Crippen LogP contribution in [0.5, 0.6) is 0 Å². The van der Waals surface area contributed by atoms with Crippen LogP contribution in [0.1, 0.15) is 11.1 Å². The van der Waals surface area contributed by atoms with Gasteiger partial charge in [0.2, 0.25) is 0 Å². The van der Waals surface area contributed by atoms with E-state index in [-0.39, 0.29) is 24.0 Å². The molecule has 2 aromatic rings. The van der Waals surface area contributed by atoms with Crippen LogP contribution in [0.25, 0.3) is 0 Å². The van der Waals surface area contributed by atoms with E-state index in [1.54, 1.807) is 7.11 Å². The molecule has 0 amide bonds. The van der Waals surface area contributed by atoms with Crippen LogP contribution in [-0.2, 0) is 17.9 Å². The summed E-state index contributed by atoms with van der Waals surface area (Å²) < 4.78 is 5.18. The van der Waals surface area contributed by atoms with Gasteiger partial charge in [-0.15, -0.1) is 24.0 Å². The quantitative estimate of drug-likeness (QED) is 0.462. The molecule has 0 aromatic heterocycles. The standard InChI is InChI=1S/C16H19N3O.HI/c1-20-12-14-8-6-5-7-13(14)11-18-16(17)19-15-9-3-2-4-10-15;/h2-10H,11-12H2,1H3,(H3,17,18,19);1H. The molecular formula is C16H20IN3O. The number of guanidine groups is 1. The maximum atomic E-state index is 5.89. The summed E-state index contributed by atoms with van der Waals surface area (Å²) in [5.74, 6) is 0.406. The first-order valence-electron chi connectivity index (χ1n) is 6.47. The molecule has 0 aliphatic heterocycles. The Kier molecular flexibility index (Phi) is 7.78. The van der Waals surface area contributed by atoms with Gasteiger partial charge in [-0.05, 0) is 23.3 Å². The van der Waals surface area contributed by atoms with E-state index in [1.807, 2.05) is 54.6 Å². The van der Waals surface area contributed by atoms with Gasteiger partial charge >= 0.3 is 0 Å². The van der Waals surface area contributed by atoms with Gasteiger partial charge in [0, 0.05) is 12.8 Å². The normalized spacial score (nSPS) is 10.8. The van der Waals surface area contributed by atoms with E-state index < -0.39 is 0 Å². The summed E-state index contributed by atoms with van der Waals surface area (Å²) in [6, 6.07) is 17.8. The molecule has 3 N–H and O–H groups in total. The van der Waals surface area contributed by atoms with Crippen LogP contribution in [0.4, 0.5) is 5.69 Å². The minimum atomic E-state index is 0. The topological polar surface area (TPSA) is 59.6 Å². The molecule has 0 aliphatic rings. The lowest BCUT2D eigenvalue weighted by Gasteiger charge is -2.08. The Morgan fingerprint density at radius 3 is 2.33 bits per heavy atom. The second-order valence-corrected chi connectivity index (χ2v) is 4.39. The number of ether oxygens (including phenoxy) is 1. The number of anilines is 1. The smallest absolute Gasteiger partial charge is 0.193 e. The van der Waals surface area contributed by atoms with Gasteiger partial charge in [-0.3, -0.25) is 0 Å². The van der Waals surface area contributed by atoms with Gasteiger partial charge in [0.25, 0.3) is 0 Å². The zero-order valence-electron chi connectivity index (χ0n) is 12.0. The van der Waals surface area contributed by atoms with Crippen LogP contribution in [0.15, 0.2) is 59.6 Å². The Balaban J connectivity index is 0.00000220. The lowest BCUT2D eigenvalue weighted by atomic mass is 10.1. The van der Waals surface area contributed by atoms with Crippen LogP contribution >= 0.6 is 24.0 Å². The van der Waals surface area contributed by atoms with E-state index in [9.17, 15) is 0 Å². The zero-order valence-corrected chi connectivity index (χ0v) is 14.3. The van der Waals surface area contributed by atoms with Crippen molar-refractivity contribution in [3.8, 4) is 0 Å². The molecule has 0 unspecified atom stereocenters. The average molecular weight is 397 g/mol. The van der Waals surface area contributed by atoms with Crippen LogP contribution < -0.4 is 11.1 Å². The van der Waals surface area contributed by atoms with E-state index in [0.717, 1.165) is 16.8 Å². The van der Waals surface area contributed by atoms with Crippen LogP contribution in [0.3, 0.4) is 0 Å². The van der Waals surface area contributed by atoms with Gasteiger partial charge in [0.05, 0.1) is 13.2 Å². The Morgan fingerprint density at radius 2 is 1.67 bits per heavy atom. The van der Waals surface area contributed by atoms with Crippen molar-refractivity contribution in [2.75, 3.05) is 12.4 Å². The van der Waals surface area contributed by atoms with Crippen molar-refractivity contribution in [1.82, 2.24) is 0 Å². The number of hydrogen-bond acceptors (Lipinski definition) is 2. The molecule has 4 nitrogen and oxygen atoms in total. The Morgan fingerprint density at radius 1 is 1.05 bits per heavy atom. The highest BCUT2D eigenvalue weighted by Gasteiger charge is 2.01. The Bertz CT molecular complexity index is 573. The molecule has 0 radical (unpaired) electrons. The first-order valence-corrected chi connectivity index (χ1v) is 6.47. The predicted octanol–water partition coefficient (Wildman–Crippen LogP) is 3.38. The third kappa shape index (κ3) is 5.73. The first-order chi connectivity index (χ1) is 9.79. The summed E-state index contributed by atoms with van der Waals surface area (Å²) in [4.78, 5) is 4.36. The summed E-state index contributed by atoms with van der Waals surface area (Å²) in [5, 5.41) is 3.06. The molecule has 0 bridgehead atoms. The van der Waals surface area contributed by atoms with Crippen molar-refractivity contribution in [3.05, 3.63) is 65.7 Å². The Labute approximate surface area is 142 Å². The number of nitrogens with one attached hydrogen (secondary N) is 1. The van der Waals surface area contributed by atoms with Crippen LogP contribution in [0, 0.1) is 0 Å². The molecule has 2 rings (SSSR count). The number of rotatable bonds is 5. The van der Waals surface area contributed by atoms with Crippen molar-refractivity contribution in [3.63, 3.8) is 0 Å². The van der Waals surface area contributed by atoms with Crippen LogP contribution in [0.2, 0.25) is 0 Å². The highest BCUT2D eigenvalue weighted by molar-refractivity contribution is 14.0. The minimum Gasteiger partial charge on any atom is -0.380 e. The van der Waals surface area contributed by atoms with E-state index in [4.69, 9.17) is 10.5 Å². The SMILES string of the molecule is COCc1ccccc1CN=C(N)Nc1ccccc1.I. The fourth-order valence-electron chi connectivity index (χ4n) is 1.89. The number of hydrogen-bond donors (Lipinski definition) is 2. The highest BCUT2D eigenvalue weighted by atomic mass is 127. The third-order valence-electron chi connectivity index (χ3n) is 2.88.